The fourth-order valence-corrected chi connectivity index (χ4v) is 2.29. The fraction of sp³-hybridized carbons (Fsp3) is 0.250. The molecule has 0 radical (unpaired) electrons. The Balaban J connectivity index is 2.09. The van der Waals surface area contributed by atoms with Crippen LogP contribution < -0.4 is 10.9 Å². The van der Waals surface area contributed by atoms with Gasteiger partial charge in [-0.05, 0) is 37.1 Å². The summed E-state index contributed by atoms with van der Waals surface area (Å²) in [5, 5.41) is 3.44. The molecule has 110 valence electrons. The lowest BCUT2D eigenvalue weighted by molar-refractivity contribution is 0.0950. The second-order valence-corrected chi connectivity index (χ2v) is 5.23. The van der Waals surface area contributed by atoms with Crippen LogP contribution in [0.25, 0.3) is 0 Å². The van der Waals surface area contributed by atoms with Gasteiger partial charge in [0.1, 0.15) is 0 Å². The monoisotopic (exact) mass is 304 g/mol. The van der Waals surface area contributed by atoms with Crippen LogP contribution in [0.3, 0.4) is 0 Å². The molecule has 0 saturated carbocycles. The van der Waals surface area contributed by atoms with Crippen LogP contribution in [0.1, 0.15) is 28.4 Å². The maximum Gasteiger partial charge on any atom is 0.253 e. The van der Waals surface area contributed by atoms with E-state index in [-0.39, 0.29) is 11.5 Å². The molecule has 0 aliphatic heterocycles. The van der Waals surface area contributed by atoms with Crippen LogP contribution in [0.4, 0.5) is 0 Å². The molecule has 0 aliphatic rings. The molecule has 21 heavy (non-hydrogen) atoms. The zero-order valence-corrected chi connectivity index (χ0v) is 12.8. The van der Waals surface area contributed by atoms with Crippen LogP contribution in [0.15, 0.2) is 41.3 Å². The summed E-state index contributed by atoms with van der Waals surface area (Å²) in [6.07, 6.45) is 1.56. The Kier molecular flexibility index (Phi) is 4.81. The van der Waals surface area contributed by atoms with Gasteiger partial charge in [0.15, 0.2) is 0 Å². The number of halogens is 1. The molecule has 0 aliphatic carbocycles. The Morgan fingerprint density at radius 3 is 2.71 bits per heavy atom. The predicted octanol–water partition coefficient (Wildman–Crippen LogP) is 2.76. The quantitative estimate of drug-likeness (QED) is 0.944. The summed E-state index contributed by atoms with van der Waals surface area (Å²) in [4.78, 5) is 23.6. The molecule has 0 spiro atoms. The van der Waals surface area contributed by atoms with Crippen molar-refractivity contribution in [2.45, 2.75) is 26.9 Å². The maximum absolute atomic E-state index is 12.1. The van der Waals surface area contributed by atoms with Crippen LogP contribution in [-0.4, -0.2) is 10.5 Å². The standard InChI is InChI=1S/C16H17ClN2O2/c1-3-19-10-13(6-7-15(19)20)16(21)18-9-12-5-4-11(2)8-14(12)17/h4-8,10H,3,9H2,1-2H3,(H,18,21). The average Bonchev–Trinajstić information content (AvgIpc) is 2.46. The Morgan fingerprint density at radius 1 is 1.29 bits per heavy atom. The van der Waals surface area contributed by atoms with Gasteiger partial charge in [0.2, 0.25) is 0 Å². The highest BCUT2D eigenvalue weighted by atomic mass is 35.5. The fourth-order valence-electron chi connectivity index (χ4n) is 1.99. The van der Waals surface area contributed by atoms with E-state index in [1.54, 1.807) is 6.20 Å². The molecule has 0 saturated heterocycles. The lowest BCUT2D eigenvalue weighted by Crippen LogP contribution is -2.26. The number of benzene rings is 1. The minimum atomic E-state index is -0.228. The number of amides is 1. The number of pyridine rings is 1. The third-order valence-corrected chi connectivity index (χ3v) is 3.59. The average molecular weight is 305 g/mol. The first-order valence-corrected chi connectivity index (χ1v) is 7.12. The summed E-state index contributed by atoms with van der Waals surface area (Å²) in [6.45, 7) is 4.70. The number of carbonyl (C=O) groups is 1. The molecule has 1 amide bonds. The number of nitrogens with zero attached hydrogens (tertiary/aromatic N) is 1. The normalized spacial score (nSPS) is 10.4. The van der Waals surface area contributed by atoms with E-state index in [4.69, 9.17) is 11.6 Å². The van der Waals surface area contributed by atoms with Gasteiger partial charge in [0.05, 0.1) is 5.56 Å². The molecule has 1 N–H and O–H groups in total. The van der Waals surface area contributed by atoms with Crippen molar-refractivity contribution in [2.75, 3.05) is 0 Å². The molecule has 2 rings (SSSR count). The number of carbonyl (C=O) groups excluding carboxylic acids is 1. The largest absolute Gasteiger partial charge is 0.348 e. The zero-order valence-electron chi connectivity index (χ0n) is 12.0. The van der Waals surface area contributed by atoms with Crippen molar-refractivity contribution in [3.63, 3.8) is 0 Å². The highest BCUT2D eigenvalue weighted by Crippen LogP contribution is 2.17. The minimum absolute atomic E-state index is 0.115. The lowest BCUT2D eigenvalue weighted by Gasteiger charge is -2.09. The first-order chi connectivity index (χ1) is 10.0. The van der Waals surface area contributed by atoms with Gasteiger partial charge in [-0.15, -0.1) is 0 Å². The van der Waals surface area contributed by atoms with E-state index in [0.717, 1.165) is 11.1 Å². The molecule has 0 bridgehead atoms. The summed E-state index contributed by atoms with van der Waals surface area (Å²) in [5.41, 5.74) is 2.28. The molecule has 1 aromatic carbocycles. The topological polar surface area (TPSA) is 51.1 Å². The van der Waals surface area contributed by atoms with Gasteiger partial charge in [-0.3, -0.25) is 9.59 Å². The first kappa shape index (κ1) is 15.3. The third kappa shape index (κ3) is 3.73. The van der Waals surface area contributed by atoms with E-state index in [9.17, 15) is 9.59 Å². The Hall–Kier alpha value is -2.07. The molecule has 4 nitrogen and oxygen atoms in total. The number of nitrogens with one attached hydrogen (secondary N) is 1. The van der Waals surface area contributed by atoms with Gasteiger partial charge in [0.25, 0.3) is 11.5 Å². The van der Waals surface area contributed by atoms with Crippen LogP contribution >= 0.6 is 11.6 Å². The SMILES string of the molecule is CCn1cc(C(=O)NCc2ccc(C)cc2Cl)ccc1=O. The highest BCUT2D eigenvalue weighted by molar-refractivity contribution is 6.31. The smallest absolute Gasteiger partial charge is 0.253 e. The van der Waals surface area contributed by atoms with Crippen LogP contribution in [0.5, 0.6) is 0 Å². The van der Waals surface area contributed by atoms with E-state index in [1.165, 1.54) is 16.7 Å². The van der Waals surface area contributed by atoms with E-state index in [1.807, 2.05) is 32.0 Å². The molecular weight excluding hydrogens is 288 g/mol. The lowest BCUT2D eigenvalue weighted by atomic mass is 10.1. The van der Waals surface area contributed by atoms with E-state index >= 15 is 0 Å². The number of rotatable bonds is 4. The molecule has 0 unspecified atom stereocenters. The summed E-state index contributed by atoms with van der Waals surface area (Å²) in [5.74, 6) is -0.228. The Labute approximate surface area is 128 Å². The first-order valence-electron chi connectivity index (χ1n) is 6.75. The molecule has 2 aromatic rings. The number of hydrogen-bond acceptors (Lipinski definition) is 2. The van der Waals surface area contributed by atoms with Gasteiger partial charge in [0, 0.05) is 30.4 Å². The molecule has 5 heteroatoms. The summed E-state index contributed by atoms with van der Waals surface area (Å²) in [7, 11) is 0. The van der Waals surface area contributed by atoms with Crippen molar-refractivity contribution in [1.29, 1.82) is 0 Å². The van der Waals surface area contributed by atoms with Crippen LogP contribution in [0, 0.1) is 6.92 Å². The van der Waals surface area contributed by atoms with Gasteiger partial charge < -0.3 is 9.88 Å². The van der Waals surface area contributed by atoms with Crippen molar-refractivity contribution in [3.05, 3.63) is 68.6 Å². The molecular formula is C16H17ClN2O2. The summed E-state index contributed by atoms with van der Waals surface area (Å²) in [6, 6.07) is 8.63. The molecule has 0 atom stereocenters. The van der Waals surface area contributed by atoms with Crippen molar-refractivity contribution < 1.29 is 4.79 Å². The second kappa shape index (κ2) is 6.59. The summed E-state index contributed by atoms with van der Waals surface area (Å²) >= 11 is 6.13. The third-order valence-electron chi connectivity index (χ3n) is 3.23. The van der Waals surface area contributed by atoms with Gasteiger partial charge in [-0.25, -0.2) is 0 Å². The van der Waals surface area contributed by atoms with Crippen LogP contribution in [0.2, 0.25) is 5.02 Å². The highest BCUT2D eigenvalue weighted by Gasteiger charge is 2.08. The van der Waals surface area contributed by atoms with E-state index < -0.39 is 0 Å². The zero-order chi connectivity index (χ0) is 15.4. The molecule has 0 fully saturated rings. The number of aromatic nitrogens is 1. The maximum atomic E-state index is 12.1. The number of aryl methyl sites for hydroxylation is 2. The van der Waals surface area contributed by atoms with Gasteiger partial charge >= 0.3 is 0 Å². The van der Waals surface area contributed by atoms with Crippen LogP contribution in [-0.2, 0) is 13.1 Å². The molecule has 1 heterocycles. The van der Waals surface area contributed by atoms with E-state index in [2.05, 4.69) is 5.32 Å². The van der Waals surface area contributed by atoms with Crippen molar-refractivity contribution in [2.24, 2.45) is 0 Å². The predicted molar refractivity (Wildman–Crippen MR) is 83.7 cm³/mol. The van der Waals surface area contributed by atoms with Crippen molar-refractivity contribution in [3.8, 4) is 0 Å². The Morgan fingerprint density at radius 2 is 2.05 bits per heavy atom. The number of hydrogen-bond donors (Lipinski definition) is 1. The molecule has 1 aromatic heterocycles. The van der Waals surface area contributed by atoms with Crippen molar-refractivity contribution in [1.82, 2.24) is 9.88 Å². The van der Waals surface area contributed by atoms with Gasteiger partial charge in [-0.1, -0.05) is 23.7 Å². The second-order valence-electron chi connectivity index (χ2n) is 4.82. The van der Waals surface area contributed by atoms with Gasteiger partial charge in [-0.2, -0.15) is 0 Å². The van der Waals surface area contributed by atoms with Crippen molar-refractivity contribution >= 4 is 17.5 Å². The Bertz CT molecular complexity index is 722. The minimum Gasteiger partial charge on any atom is -0.348 e. The summed E-state index contributed by atoms with van der Waals surface area (Å²) < 4.78 is 1.49. The van der Waals surface area contributed by atoms with E-state index in [0.29, 0.717) is 23.7 Å².